The molecule has 0 aliphatic carbocycles. The molecule has 0 aliphatic rings. The van der Waals surface area contributed by atoms with E-state index in [1.807, 2.05) is 19.2 Å². The second kappa shape index (κ2) is 8.54. The van der Waals surface area contributed by atoms with Crippen molar-refractivity contribution >= 4 is 35.0 Å². The van der Waals surface area contributed by atoms with E-state index in [9.17, 15) is 0 Å². The third-order valence-electron chi connectivity index (χ3n) is 4.85. The van der Waals surface area contributed by atoms with Crippen molar-refractivity contribution in [3.05, 3.63) is 87.0 Å². The van der Waals surface area contributed by atoms with Crippen molar-refractivity contribution in [3.63, 3.8) is 0 Å². The predicted octanol–water partition coefficient (Wildman–Crippen LogP) is 7.46. The van der Waals surface area contributed by atoms with Crippen molar-refractivity contribution in [3.8, 4) is 0 Å². The number of aliphatic imine (C=N–C) groups is 1. The van der Waals surface area contributed by atoms with Crippen LogP contribution >= 0.6 is 11.6 Å². The molecular weight excluding hydrogens is 350 g/mol. The quantitative estimate of drug-likeness (QED) is 0.378. The van der Waals surface area contributed by atoms with E-state index in [4.69, 9.17) is 11.6 Å². The van der Waals surface area contributed by atoms with E-state index in [-0.39, 0.29) is 0 Å². The molecule has 2 rings (SSSR count). The van der Waals surface area contributed by atoms with Gasteiger partial charge in [-0.1, -0.05) is 54.6 Å². The van der Waals surface area contributed by atoms with Crippen LogP contribution in [0.3, 0.4) is 0 Å². The molecular formula is C25H28ClN. The molecule has 0 unspecified atom stereocenters. The van der Waals surface area contributed by atoms with Crippen molar-refractivity contribution < 1.29 is 0 Å². The number of hydrogen-bond donors (Lipinski definition) is 0. The highest BCUT2D eigenvalue weighted by atomic mass is 35.5. The maximum Gasteiger partial charge on any atom is 0.0520 e. The van der Waals surface area contributed by atoms with Gasteiger partial charge in [-0.2, -0.15) is 0 Å². The molecule has 27 heavy (non-hydrogen) atoms. The molecule has 0 aromatic heterocycles. The number of halogens is 1. The van der Waals surface area contributed by atoms with Gasteiger partial charge >= 0.3 is 0 Å². The van der Waals surface area contributed by atoms with Crippen LogP contribution in [0.2, 0.25) is 5.02 Å². The number of hydrogen-bond acceptors (Lipinski definition) is 1. The van der Waals surface area contributed by atoms with E-state index in [0.717, 1.165) is 49.5 Å². The van der Waals surface area contributed by atoms with Gasteiger partial charge in [-0.25, -0.2) is 0 Å². The fraction of sp³-hybridized carbons (Fsp3) is 0.240. The maximum atomic E-state index is 6.81. The molecule has 0 atom stereocenters. The van der Waals surface area contributed by atoms with Crippen LogP contribution in [0.4, 0.5) is 0 Å². The Morgan fingerprint density at radius 1 is 1.04 bits per heavy atom. The van der Waals surface area contributed by atoms with Gasteiger partial charge in [-0.15, -0.1) is 0 Å². The van der Waals surface area contributed by atoms with E-state index in [1.165, 1.54) is 11.1 Å². The number of nitrogens with zero attached hydrogens (tertiary/aromatic N) is 1. The lowest BCUT2D eigenvalue weighted by atomic mass is 9.85. The fourth-order valence-electron chi connectivity index (χ4n) is 3.41. The van der Waals surface area contributed by atoms with Crippen LogP contribution in [0.1, 0.15) is 52.8 Å². The molecule has 0 N–H and O–H groups in total. The van der Waals surface area contributed by atoms with Gasteiger partial charge in [0.05, 0.1) is 5.02 Å². The molecule has 0 heterocycles. The molecule has 140 valence electrons. The van der Waals surface area contributed by atoms with Gasteiger partial charge in [-0.05, 0) is 79.6 Å². The van der Waals surface area contributed by atoms with Crippen LogP contribution in [0, 0.1) is 20.8 Å². The van der Waals surface area contributed by atoms with Crippen molar-refractivity contribution in [2.75, 3.05) is 7.05 Å². The standard InChI is InChI=1S/C25H28ClN/c1-9-20-13-21(11-10-16(20)4)19(7)23(15(2)3)24-22(14-27-8)17(5)12-18(6)25(24)26/h9-14H,1,7H2,2-6,8H3/b27-14-. The van der Waals surface area contributed by atoms with Crippen molar-refractivity contribution in [1.82, 2.24) is 0 Å². The topological polar surface area (TPSA) is 12.4 Å². The Kier molecular flexibility index (Phi) is 6.62. The number of rotatable bonds is 5. The first-order chi connectivity index (χ1) is 12.7. The highest BCUT2D eigenvalue weighted by molar-refractivity contribution is 6.35. The molecule has 0 saturated carbocycles. The lowest BCUT2D eigenvalue weighted by Crippen LogP contribution is -2.03. The molecule has 0 amide bonds. The van der Waals surface area contributed by atoms with Crippen molar-refractivity contribution in [2.24, 2.45) is 4.99 Å². The summed E-state index contributed by atoms with van der Waals surface area (Å²) in [7, 11) is 1.78. The van der Waals surface area contributed by atoms with Gasteiger partial charge in [-0.3, -0.25) is 4.99 Å². The summed E-state index contributed by atoms with van der Waals surface area (Å²) in [6.07, 6.45) is 3.77. The van der Waals surface area contributed by atoms with Crippen molar-refractivity contribution in [1.29, 1.82) is 0 Å². The van der Waals surface area contributed by atoms with Crippen LogP contribution in [-0.2, 0) is 0 Å². The Morgan fingerprint density at radius 2 is 1.70 bits per heavy atom. The largest absolute Gasteiger partial charge is 0.296 e. The summed E-state index contributed by atoms with van der Waals surface area (Å²) < 4.78 is 0. The molecule has 0 fully saturated rings. The minimum Gasteiger partial charge on any atom is -0.296 e. The van der Waals surface area contributed by atoms with Gasteiger partial charge in [0.15, 0.2) is 0 Å². The average Bonchev–Trinajstić information content (AvgIpc) is 2.62. The third kappa shape index (κ3) is 4.14. The molecule has 1 nitrogen and oxygen atoms in total. The van der Waals surface area contributed by atoms with E-state index < -0.39 is 0 Å². The molecule has 0 spiro atoms. The fourth-order valence-corrected chi connectivity index (χ4v) is 3.66. The zero-order valence-corrected chi connectivity index (χ0v) is 18.0. The van der Waals surface area contributed by atoms with Crippen LogP contribution in [0.5, 0.6) is 0 Å². The Labute approximate surface area is 168 Å². The van der Waals surface area contributed by atoms with Gasteiger partial charge < -0.3 is 0 Å². The summed E-state index contributed by atoms with van der Waals surface area (Å²) in [5.74, 6) is 0. The second-order valence-electron chi connectivity index (χ2n) is 7.13. The molecule has 0 saturated heterocycles. The summed E-state index contributed by atoms with van der Waals surface area (Å²) in [6, 6.07) is 8.46. The number of aryl methyl sites for hydroxylation is 3. The van der Waals surface area contributed by atoms with Crippen LogP contribution in [-0.4, -0.2) is 13.3 Å². The molecule has 0 aliphatic heterocycles. The van der Waals surface area contributed by atoms with Crippen LogP contribution < -0.4 is 0 Å². The van der Waals surface area contributed by atoms with Crippen LogP contribution in [0.15, 0.2) is 48.0 Å². The van der Waals surface area contributed by atoms with E-state index in [2.05, 4.69) is 70.1 Å². The van der Waals surface area contributed by atoms with E-state index >= 15 is 0 Å². The van der Waals surface area contributed by atoms with E-state index in [1.54, 1.807) is 7.05 Å². The Balaban J connectivity index is 2.80. The van der Waals surface area contributed by atoms with Gasteiger partial charge in [0, 0.05) is 24.4 Å². The van der Waals surface area contributed by atoms with E-state index in [0.29, 0.717) is 0 Å². The van der Waals surface area contributed by atoms with Gasteiger partial charge in [0.1, 0.15) is 0 Å². The summed E-state index contributed by atoms with van der Waals surface area (Å²) in [4.78, 5) is 4.26. The molecule has 0 radical (unpaired) electrons. The number of allylic oxidation sites excluding steroid dienone is 3. The smallest absolute Gasteiger partial charge is 0.0520 e. The summed E-state index contributed by atoms with van der Waals surface area (Å²) in [5.41, 5.74) is 10.8. The van der Waals surface area contributed by atoms with Gasteiger partial charge in [0.25, 0.3) is 0 Å². The normalized spacial score (nSPS) is 10.9. The first-order valence-electron chi connectivity index (χ1n) is 9.05. The summed E-state index contributed by atoms with van der Waals surface area (Å²) in [5, 5.41) is 0.754. The zero-order valence-electron chi connectivity index (χ0n) is 17.2. The maximum absolute atomic E-state index is 6.81. The zero-order chi connectivity index (χ0) is 20.3. The SMILES string of the molecule is C=Cc1cc(C(=C)C(=C(C)C)c2c(Cl)c(C)cc(C)c2/C=N\C)ccc1C. The first-order valence-corrected chi connectivity index (χ1v) is 9.43. The highest BCUT2D eigenvalue weighted by Crippen LogP contribution is 2.40. The summed E-state index contributed by atoms with van der Waals surface area (Å²) >= 11 is 6.81. The van der Waals surface area contributed by atoms with Gasteiger partial charge in [0.2, 0.25) is 0 Å². The van der Waals surface area contributed by atoms with Crippen LogP contribution in [0.25, 0.3) is 17.2 Å². The lowest BCUT2D eigenvalue weighted by molar-refractivity contribution is 1.32. The third-order valence-corrected chi connectivity index (χ3v) is 5.34. The average molecular weight is 378 g/mol. The highest BCUT2D eigenvalue weighted by Gasteiger charge is 2.20. The Bertz CT molecular complexity index is 970. The lowest BCUT2D eigenvalue weighted by Gasteiger charge is -2.21. The Hall–Kier alpha value is -2.38. The Morgan fingerprint density at radius 3 is 2.26 bits per heavy atom. The first kappa shape index (κ1) is 20.9. The second-order valence-corrected chi connectivity index (χ2v) is 7.51. The summed E-state index contributed by atoms with van der Waals surface area (Å²) in [6.45, 7) is 18.8. The number of benzene rings is 2. The molecule has 2 heteroatoms. The molecule has 2 aromatic rings. The molecule has 0 bridgehead atoms. The molecule has 2 aromatic carbocycles. The monoisotopic (exact) mass is 377 g/mol. The minimum atomic E-state index is 0.754. The van der Waals surface area contributed by atoms with Crippen molar-refractivity contribution in [2.45, 2.75) is 34.6 Å². The minimum absolute atomic E-state index is 0.754. The predicted molar refractivity (Wildman–Crippen MR) is 123 cm³/mol.